The minimum absolute atomic E-state index is 0.0530. The number of nitro benzene ring substituents is 1. The Hall–Kier alpha value is -3.29. The number of hydrogen-bond donors (Lipinski definition) is 0. The van der Waals surface area contributed by atoms with Crippen LogP contribution in [-0.4, -0.2) is 31.9 Å². The molecule has 0 spiro atoms. The van der Waals surface area contributed by atoms with E-state index in [4.69, 9.17) is 9.16 Å². The van der Waals surface area contributed by atoms with Gasteiger partial charge in [0.1, 0.15) is 6.10 Å². The molecule has 3 aromatic rings. The third-order valence-corrected chi connectivity index (χ3v) is 12.4. The Labute approximate surface area is 240 Å². The number of nitrogens with zero attached hydrogens (tertiary/aromatic N) is 1. The third-order valence-electron chi connectivity index (χ3n) is 7.39. The first-order chi connectivity index (χ1) is 19.2. The molecular formula is C33H43NO5Si. The minimum atomic E-state index is -2.69. The zero-order chi connectivity index (χ0) is 29.0. The number of carbonyl (C=O) groups excluding carboxylic acids is 1. The van der Waals surface area contributed by atoms with E-state index in [1.165, 1.54) is 47.5 Å². The minimum Gasteiger partial charge on any atom is -0.459 e. The fraction of sp³-hybridized carbons (Fsp3) is 0.424. The number of benzene rings is 3. The molecule has 7 heteroatoms. The molecule has 0 aliphatic carbocycles. The maximum absolute atomic E-state index is 13.0. The molecule has 0 saturated heterocycles. The van der Waals surface area contributed by atoms with E-state index < -0.39 is 19.2 Å². The molecule has 0 aromatic heterocycles. The lowest BCUT2D eigenvalue weighted by molar-refractivity contribution is -0.384. The molecule has 0 amide bonds. The van der Waals surface area contributed by atoms with Crippen LogP contribution in [0.5, 0.6) is 0 Å². The lowest BCUT2D eigenvalue weighted by Crippen LogP contribution is -2.66. The van der Waals surface area contributed by atoms with Gasteiger partial charge in [0, 0.05) is 25.2 Å². The van der Waals surface area contributed by atoms with E-state index in [0.717, 1.165) is 25.7 Å². The molecular weight excluding hydrogens is 518 g/mol. The molecule has 3 rings (SSSR count). The third kappa shape index (κ3) is 8.12. The standard InChI is InChI=1S/C33H43NO5Si/c1-5-6-7-8-11-16-29(39-32(35)27-21-23-28(24-22-27)34(36)37)25-26-38-40(33(2,3)4,30-17-12-9-13-18-30)31-19-14-10-15-20-31/h9-10,12-15,17-24,29H,5-8,11,16,25-26H2,1-4H3. The van der Waals surface area contributed by atoms with Crippen LogP contribution in [-0.2, 0) is 9.16 Å². The van der Waals surface area contributed by atoms with Gasteiger partial charge in [-0.1, -0.05) is 114 Å². The van der Waals surface area contributed by atoms with Crippen LogP contribution in [0, 0.1) is 10.1 Å². The quantitative estimate of drug-likeness (QED) is 0.0633. The molecule has 1 unspecified atom stereocenters. The highest BCUT2D eigenvalue weighted by Gasteiger charge is 2.50. The maximum atomic E-state index is 13.0. The largest absolute Gasteiger partial charge is 0.459 e. The fourth-order valence-electron chi connectivity index (χ4n) is 5.28. The molecule has 3 aromatic carbocycles. The summed E-state index contributed by atoms with van der Waals surface area (Å²) >= 11 is 0. The normalized spacial score (nSPS) is 12.6. The van der Waals surface area contributed by atoms with Gasteiger partial charge >= 0.3 is 5.97 Å². The molecule has 0 aliphatic rings. The molecule has 40 heavy (non-hydrogen) atoms. The summed E-state index contributed by atoms with van der Waals surface area (Å²) < 4.78 is 13.0. The number of non-ortho nitro benzene ring substituents is 1. The van der Waals surface area contributed by atoms with E-state index in [9.17, 15) is 14.9 Å². The first-order valence-electron chi connectivity index (χ1n) is 14.4. The Bertz CT molecular complexity index is 1150. The number of nitro groups is 1. The Morgan fingerprint density at radius 3 is 1.88 bits per heavy atom. The molecule has 0 radical (unpaired) electrons. The molecule has 214 valence electrons. The van der Waals surface area contributed by atoms with Gasteiger partial charge in [0.2, 0.25) is 0 Å². The molecule has 1 atom stereocenters. The van der Waals surface area contributed by atoms with Crippen LogP contribution in [0.3, 0.4) is 0 Å². The van der Waals surface area contributed by atoms with E-state index in [0.29, 0.717) is 18.6 Å². The van der Waals surface area contributed by atoms with Crippen LogP contribution in [0.25, 0.3) is 0 Å². The Balaban J connectivity index is 1.81. The zero-order valence-electron chi connectivity index (χ0n) is 24.3. The number of unbranched alkanes of at least 4 members (excludes halogenated alkanes) is 4. The van der Waals surface area contributed by atoms with E-state index in [1.807, 2.05) is 12.1 Å². The second-order valence-corrected chi connectivity index (χ2v) is 15.6. The zero-order valence-corrected chi connectivity index (χ0v) is 25.3. The lowest BCUT2D eigenvalue weighted by atomic mass is 10.1. The summed E-state index contributed by atoms with van der Waals surface area (Å²) in [6.07, 6.45) is 6.63. The monoisotopic (exact) mass is 561 g/mol. The molecule has 0 N–H and O–H groups in total. The van der Waals surface area contributed by atoms with Crippen molar-refractivity contribution in [2.75, 3.05) is 6.61 Å². The molecule has 0 bridgehead atoms. The molecule has 6 nitrogen and oxygen atoms in total. The number of carbonyl (C=O) groups is 1. The van der Waals surface area contributed by atoms with Crippen LogP contribution in [0.1, 0.15) is 83.0 Å². The van der Waals surface area contributed by atoms with E-state index in [1.54, 1.807) is 0 Å². The summed E-state index contributed by atoms with van der Waals surface area (Å²) in [6.45, 7) is 9.40. The summed E-state index contributed by atoms with van der Waals surface area (Å²) in [5.41, 5.74) is 0.261. The highest BCUT2D eigenvalue weighted by Crippen LogP contribution is 2.37. The summed E-state index contributed by atoms with van der Waals surface area (Å²) in [4.78, 5) is 23.5. The maximum Gasteiger partial charge on any atom is 0.338 e. The Morgan fingerprint density at radius 1 is 0.825 bits per heavy atom. The molecule has 0 saturated carbocycles. The van der Waals surface area contributed by atoms with Crippen LogP contribution in [0.2, 0.25) is 5.04 Å². The first-order valence-corrected chi connectivity index (χ1v) is 16.3. The lowest BCUT2D eigenvalue weighted by Gasteiger charge is -2.43. The van der Waals surface area contributed by atoms with E-state index in [2.05, 4.69) is 76.2 Å². The van der Waals surface area contributed by atoms with Crippen molar-refractivity contribution in [3.63, 3.8) is 0 Å². The van der Waals surface area contributed by atoms with Crippen molar-refractivity contribution in [3.8, 4) is 0 Å². The second kappa shape index (κ2) is 14.9. The van der Waals surface area contributed by atoms with Crippen LogP contribution in [0.15, 0.2) is 84.9 Å². The van der Waals surface area contributed by atoms with Gasteiger partial charge in [0.15, 0.2) is 0 Å². The smallest absolute Gasteiger partial charge is 0.338 e. The number of esters is 1. The van der Waals surface area contributed by atoms with Crippen molar-refractivity contribution in [1.82, 2.24) is 0 Å². The van der Waals surface area contributed by atoms with Gasteiger partial charge in [0.05, 0.1) is 10.5 Å². The van der Waals surface area contributed by atoms with Crippen molar-refractivity contribution in [2.24, 2.45) is 0 Å². The molecule has 0 heterocycles. The predicted molar refractivity (Wildman–Crippen MR) is 164 cm³/mol. The summed E-state index contributed by atoms with van der Waals surface area (Å²) in [5.74, 6) is -0.459. The number of rotatable bonds is 15. The topological polar surface area (TPSA) is 78.7 Å². The van der Waals surface area contributed by atoms with Gasteiger partial charge in [0.25, 0.3) is 14.0 Å². The first kappa shape index (κ1) is 31.2. The molecule has 0 fully saturated rings. The van der Waals surface area contributed by atoms with Gasteiger partial charge in [-0.25, -0.2) is 4.79 Å². The highest BCUT2D eigenvalue weighted by atomic mass is 28.4. The van der Waals surface area contributed by atoms with Crippen LogP contribution < -0.4 is 10.4 Å². The average Bonchev–Trinajstić information content (AvgIpc) is 2.95. The van der Waals surface area contributed by atoms with E-state index >= 15 is 0 Å². The summed E-state index contributed by atoms with van der Waals surface area (Å²) in [6, 6.07) is 26.6. The van der Waals surface area contributed by atoms with Gasteiger partial charge < -0.3 is 9.16 Å². The van der Waals surface area contributed by atoms with Crippen LogP contribution >= 0.6 is 0 Å². The second-order valence-electron chi connectivity index (χ2n) is 11.3. The number of ether oxygens (including phenoxy) is 1. The van der Waals surface area contributed by atoms with Crippen molar-refractivity contribution < 1.29 is 18.9 Å². The Morgan fingerprint density at radius 2 is 1.38 bits per heavy atom. The van der Waals surface area contributed by atoms with Crippen molar-refractivity contribution in [2.45, 2.75) is 83.8 Å². The van der Waals surface area contributed by atoms with Crippen molar-refractivity contribution in [1.29, 1.82) is 0 Å². The SMILES string of the molecule is CCCCCCCC(CCO[Si](c1ccccc1)(c1ccccc1)C(C)(C)C)OC(=O)c1ccc([N+](=O)[O-])cc1. The van der Waals surface area contributed by atoms with Crippen molar-refractivity contribution >= 4 is 30.3 Å². The van der Waals surface area contributed by atoms with Crippen molar-refractivity contribution in [3.05, 3.63) is 101 Å². The van der Waals surface area contributed by atoms with Gasteiger partial charge in [-0.15, -0.1) is 0 Å². The van der Waals surface area contributed by atoms with Gasteiger partial charge in [-0.2, -0.15) is 0 Å². The average molecular weight is 562 g/mol. The van der Waals surface area contributed by atoms with Gasteiger partial charge in [-0.3, -0.25) is 10.1 Å². The highest BCUT2D eigenvalue weighted by molar-refractivity contribution is 6.99. The summed E-state index contributed by atoms with van der Waals surface area (Å²) in [7, 11) is -2.69. The predicted octanol–water partition coefficient (Wildman–Crippen LogP) is 7.45. The Kier molecular flexibility index (Phi) is 11.6. The fourth-order valence-corrected chi connectivity index (χ4v) is 9.86. The van der Waals surface area contributed by atoms with Crippen LogP contribution in [0.4, 0.5) is 5.69 Å². The van der Waals surface area contributed by atoms with E-state index in [-0.39, 0.29) is 16.8 Å². The summed E-state index contributed by atoms with van der Waals surface area (Å²) in [5, 5.41) is 13.3. The number of hydrogen-bond acceptors (Lipinski definition) is 5. The van der Waals surface area contributed by atoms with Gasteiger partial charge in [-0.05, 0) is 40.4 Å². The molecule has 0 aliphatic heterocycles.